The molecule has 0 unspecified atom stereocenters. The van der Waals surface area contributed by atoms with E-state index < -0.39 is 11.9 Å². The van der Waals surface area contributed by atoms with Crippen LogP contribution in [0.3, 0.4) is 0 Å². The maximum absolute atomic E-state index is 13.8. The van der Waals surface area contributed by atoms with Crippen molar-refractivity contribution in [3.05, 3.63) is 95.8 Å². The molecule has 2 bridgehead atoms. The van der Waals surface area contributed by atoms with Crippen molar-refractivity contribution in [3.63, 3.8) is 0 Å². The van der Waals surface area contributed by atoms with E-state index in [1.165, 1.54) is 4.90 Å². The number of hydrogen-bond acceptors (Lipinski definition) is 7. The Labute approximate surface area is 267 Å². The number of ether oxygens (including phenoxy) is 3. The molecule has 4 aromatic rings. The normalized spacial score (nSPS) is 17.2. The van der Waals surface area contributed by atoms with E-state index in [1.807, 2.05) is 65.4 Å². The summed E-state index contributed by atoms with van der Waals surface area (Å²) in [4.78, 5) is 46.9. The number of aromatic nitrogens is 2. The molecule has 1 atom stereocenters. The Morgan fingerprint density at radius 1 is 1.00 bits per heavy atom. The van der Waals surface area contributed by atoms with Gasteiger partial charge in [0.25, 0.3) is 5.91 Å². The summed E-state index contributed by atoms with van der Waals surface area (Å²) in [7, 11) is 1.58. The first-order valence-corrected chi connectivity index (χ1v) is 15.5. The van der Waals surface area contributed by atoms with E-state index in [0.717, 1.165) is 28.9 Å². The zero-order valence-electron chi connectivity index (χ0n) is 25.7. The predicted octanol–water partition coefficient (Wildman–Crippen LogP) is 3.26. The quantitative estimate of drug-likeness (QED) is 0.358. The largest absolute Gasteiger partial charge is 0.493 e. The van der Waals surface area contributed by atoms with Gasteiger partial charge in [-0.05, 0) is 53.9 Å². The maximum atomic E-state index is 13.8. The van der Waals surface area contributed by atoms with E-state index in [1.54, 1.807) is 25.4 Å². The lowest BCUT2D eigenvalue weighted by Crippen LogP contribution is -2.51. The van der Waals surface area contributed by atoms with Crippen LogP contribution < -0.4 is 24.8 Å². The first-order valence-electron chi connectivity index (χ1n) is 15.5. The van der Waals surface area contributed by atoms with Crippen LogP contribution >= 0.6 is 0 Å². The number of carbonyl (C=O) groups excluding carboxylic acids is 3. The fourth-order valence-corrected chi connectivity index (χ4v) is 5.77. The van der Waals surface area contributed by atoms with Gasteiger partial charge >= 0.3 is 0 Å². The summed E-state index contributed by atoms with van der Waals surface area (Å²) in [5.74, 6) is 1.58. The fourth-order valence-electron chi connectivity index (χ4n) is 5.77. The highest BCUT2D eigenvalue weighted by atomic mass is 16.5. The maximum Gasteiger partial charge on any atom is 0.254 e. The summed E-state index contributed by atoms with van der Waals surface area (Å²) in [6, 6.07) is 19.6. The predicted molar refractivity (Wildman–Crippen MR) is 171 cm³/mol. The summed E-state index contributed by atoms with van der Waals surface area (Å²) < 4.78 is 19.2. The van der Waals surface area contributed by atoms with Crippen LogP contribution in [-0.2, 0) is 29.0 Å². The van der Waals surface area contributed by atoms with Crippen LogP contribution in [0.1, 0.15) is 27.9 Å². The summed E-state index contributed by atoms with van der Waals surface area (Å²) in [6.07, 6.45) is 5.04. The minimum absolute atomic E-state index is 0.220. The lowest BCUT2D eigenvalue weighted by Gasteiger charge is -2.25. The molecule has 0 saturated heterocycles. The van der Waals surface area contributed by atoms with E-state index in [-0.39, 0.29) is 31.5 Å². The average Bonchev–Trinajstić information content (AvgIpc) is 3.75. The molecule has 6 rings (SSSR count). The Morgan fingerprint density at radius 3 is 2.70 bits per heavy atom. The highest BCUT2D eigenvalue weighted by Gasteiger charge is 2.26. The minimum Gasteiger partial charge on any atom is -0.493 e. The number of nitrogens with one attached hydrogen (secondary N) is 2. The topological polar surface area (TPSA) is 124 Å². The summed E-state index contributed by atoms with van der Waals surface area (Å²) in [5, 5.41) is 5.88. The molecule has 46 heavy (non-hydrogen) atoms. The van der Waals surface area contributed by atoms with Crippen LogP contribution in [0.2, 0.25) is 0 Å². The molecule has 0 fully saturated rings. The average molecular weight is 624 g/mol. The summed E-state index contributed by atoms with van der Waals surface area (Å²) in [6.45, 7) is 1.66. The van der Waals surface area contributed by atoms with Gasteiger partial charge in [0.15, 0.2) is 11.5 Å². The third-order valence-electron chi connectivity index (χ3n) is 8.11. The second-order valence-corrected chi connectivity index (χ2v) is 11.3. The van der Waals surface area contributed by atoms with Gasteiger partial charge in [0, 0.05) is 56.0 Å². The van der Waals surface area contributed by atoms with E-state index in [9.17, 15) is 14.4 Å². The third kappa shape index (κ3) is 7.14. The number of carbonyl (C=O) groups is 3. The molecule has 238 valence electrons. The van der Waals surface area contributed by atoms with Crippen LogP contribution in [0.25, 0.3) is 11.4 Å². The monoisotopic (exact) mass is 623 g/mol. The molecule has 3 heterocycles. The van der Waals surface area contributed by atoms with Crippen LogP contribution in [0.15, 0.2) is 79.1 Å². The smallest absolute Gasteiger partial charge is 0.254 e. The molecule has 2 aliphatic rings. The van der Waals surface area contributed by atoms with Gasteiger partial charge in [-0.15, -0.1) is 0 Å². The number of amides is 3. The fraction of sp³-hybridized carbons (Fsp3) is 0.314. The number of imidazole rings is 1. The number of methoxy groups -OCH3 is 1. The summed E-state index contributed by atoms with van der Waals surface area (Å²) >= 11 is 0. The lowest BCUT2D eigenvalue weighted by molar-refractivity contribution is -0.129. The van der Waals surface area contributed by atoms with E-state index in [2.05, 4.69) is 15.6 Å². The molecule has 0 radical (unpaired) electrons. The van der Waals surface area contributed by atoms with Crippen molar-refractivity contribution in [2.75, 3.05) is 40.0 Å². The Kier molecular flexibility index (Phi) is 9.47. The number of fused-ring (bicyclic) bond motifs is 5. The second kappa shape index (κ2) is 14.2. The van der Waals surface area contributed by atoms with Gasteiger partial charge in [-0.3, -0.25) is 14.4 Å². The van der Waals surface area contributed by atoms with Crippen molar-refractivity contribution in [1.29, 1.82) is 0 Å². The van der Waals surface area contributed by atoms with Crippen molar-refractivity contribution in [1.82, 2.24) is 25.1 Å². The molecule has 0 aliphatic carbocycles. The van der Waals surface area contributed by atoms with Crippen molar-refractivity contribution in [3.8, 4) is 28.6 Å². The molecule has 0 spiro atoms. The third-order valence-corrected chi connectivity index (χ3v) is 8.11. The number of rotatable bonds is 4. The molecule has 3 aromatic carbocycles. The minimum atomic E-state index is -0.836. The van der Waals surface area contributed by atoms with Gasteiger partial charge in [0.1, 0.15) is 17.6 Å². The van der Waals surface area contributed by atoms with Crippen LogP contribution in [-0.4, -0.2) is 78.2 Å². The van der Waals surface area contributed by atoms with E-state index in [0.29, 0.717) is 55.4 Å². The van der Waals surface area contributed by atoms with Crippen LogP contribution in [0.4, 0.5) is 0 Å². The first kappa shape index (κ1) is 30.7. The second-order valence-electron chi connectivity index (χ2n) is 11.3. The molecular formula is C35H37N5O6. The summed E-state index contributed by atoms with van der Waals surface area (Å²) in [5.41, 5.74) is 3.18. The molecule has 2 aliphatic heterocycles. The molecule has 11 heteroatoms. The molecule has 2 N–H and O–H groups in total. The van der Waals surface area contributed by atoms with Gasteiger partial charge in [-0.2, -0.15) is 0 Å². The van der Waals surface area contributed by atoms with Crippen molar-refractivity contribution in [2.24, 2.45) is 0 Å². The molecule has 3 amide bonds. The molecule has 11 nitrogen and oxygen atoms in total. The van der Waals surface area contributed by atoms with Crippen LogP contribution in [0, 0.1) is 0 Å². The van der Waals surface area contributed by atoms with Crippen LogP contribution in [0.5, 0.6) is 17.2 Å². The van der Waals surface area contributed by atoms with E-state index >= 15 is 0 Å². The Hall–Kier alpha value is -5.32. The first-order chi connectivity index (χ1) is 22.5. The van der Waals surface area contributed by atoms with E-state index in [4.69, 9.17) is 14.2 Å². The van der Waals surface area contributed by atoms with Gasteiger partial charge in [-0.25, -0.2) is 4.98 Å². The van der Waals surface area contributed by atoms with Crippen molar-refractivity contribution < 1.29 is 28.6 Å². The van der Waals surface area contributed by atoms with Crippen molar-refractivity contribution >= 4 is 17.7 Å². The standard InChI is InChI=1S/C35H37N5O6/c1-44-30-11-8-26-22-31(30)45-18-5-15-40(35(43)27-9-10-29-25(21-27)12-19-46-29)23-32(41)38-28(20-24-6-3-2-4-7-24)34(42)37-14-17-39-16-13-36-33(26)39/h2-4,6-11,13,16,21-22,28H,5,12,14-15,17-20,23H2,1H3,(H,37,42)(H,38,41)/t28-/m0/s1. The Morgan fingerprint density at radius 2 is 1.85 bits per heavy atom. The lowest BCUT2D eigenvalue weighted by atomic mass is 10.0. The Bertz CT molecular complexity index is 1700. The van der Waals surface area contributed by atoms with Gasteiger partial charge in [0.05, 0.1) is 26.9 Å². The SMILES string of the molecule is COc1ccc2cc1OCCCN(C(=O)c1ccc3c(c1)CCO3)CC(=O)N[C@@H](Cc1ccccc1)C(=O)NCCn1ccnc1-2. The highest BCUT2D eigenvalue weighted by molar-refractivity contribution is 5.97. The number of nitrogens with zero attached hydrogens (tertiary/aromatic N) is 3. The zero-order valence-corrected chi connectivity index (χ0v) is 25.7. The Balaban J connectivity index is 1.28. The van der Waals surface area contributed by atoms with Gasteiger partial charge in [-0.1, -0.05) is 30.3 Å². The molecule has 1 aromatic heterocycles. The number of hydrogen-bond donors (Lipinski definition) is 2. The zero-order chi connectivity index (χ0) is 31.9. The van der Waals surface area contributed by atoms with Gasteiger partial charge in [0.2, 0.25) is 11.8 Å². The molecule has 0 saturated carbocycles. The van der Waals surface area contributed by atoms with Crippen molar-refractivity contribution in [2.45, 2.75) is 31.8 Å². The van der Waals surface area contributed by atoms with Gasteiger partial charge < -0.3 is 34.3 Å². The molecular weight excluding hydrogens is 586 g/mol. The number of benzene rings is 3. The highest BCUT2D eigenvalue weighted by Crippen LogP contribution is 2.32.